The molecule has 3 N–H and O–H groups in total. The normalized spacial score (nSPS) is 21.5. The SMILES string of the molecule is CC(C)NCCC(=O)N[C@H]1c2ccccc2C[C@H]1O. The molecular weight excluding hydrogens is 240 g/mol. The van der Waals surface area contributed by atoms with Crippen molar-refractivity contribution in [3.05, 3.63) is 35.4 Å². The van der Waals surface area contributed by atoms with Gasteiger partial charge in [0.25, 0.3) is 0 Å². The van der Waals surface area contributed by atoms with E-state index in [2.05, 4.69) is 24.5 Å². The first-order chi connectivity index (χ1) is 9.08. The zero-order valence-electron chi connectivity index (χ0n) is 11.5. The quantitative estimate of drug-likeness (QED) is 0.746. The second-order valence-electron chi connectivity index (χ2n) is 5.37. The summed E-state index contributed by atoms with van der Waals surface area (Å²) >= 11 is 0. The van der Waals surface area contributed by atoms with E-state index in [-0.39, 0.29) is 11.9 Å². The van der Waals surface area contributed by atoms with Crippen LogP contribution in [-0.2, 0) is 11.2 Å². The van der Waals surface area contributed by atoms with Gasteiger partial charge in [0, 0.05) is 25.4 Å². The van der Waals surface area contributed by atoms with E-state index in [0.717, 1.165) is 11.1 Å². The summed E-state index contributed by atoms with van der Waals surface area (Å²) in [6.45, 7) is 4.76. The lowest BCUT2D eigenvalue weighted by Gasteiger charge is -2.18. The predicted octanol–water partition coefficient (Wildman–Crippen LogP) is 1.15. The van der Waals surface area contributed by atoms with Gasteiger partial charge < -0.3 is 15.7 Å². The molecule has 1 aromatic carbocycles. The number of aliphatic hydroxyl groups is 1. The van der Waals surface area contributed by atoms with Gasteiger partial charge in [0.1, 0.15) is 0 Å². The Morgan fingerprint density at radius 3 is 2.89 bits per heavy atom. The summed E-state index contributed by atoms with van der Waals surface area (Å²) in [6, 6.07) is 8.00. The highest BCUT2D eigenvalue weighted by molar-refractivity contribution is 5.77. The summed E-state index contributed by atoms with van der Waals surface area (Å²) in [7, 11) is 0. The number of aliphatic hydroxyl groups excluding tert-OH is 1. The third-order valence-corrected chi connectivity index (χ3v) is 3.43. The van der Waals surface area contributed by atoms with Crippen LogP contribution in [0, 0.1) is 0 Å². The van der Waals surface area contributed by atoms with E-state index in [1.54, 1.807) is 0 Å². The Balaban J connectivity index is 1.90. The van der Waals surface area contributed by atoms with Crippen LogP contribution in [0.15, 0.2) is 24.3 Å². The van der Waals surface area contributed by atoms with Crippen molar-refractivity contribution in [3.63, 3.8) is 0 Å². The van der Waals surface area contributed by atoms with Crippen molar-refractivity contribution < 1.29 is 9.90 Å². The van der Waals surface area contributed by atoms with Crippen LogP contribution < -0.4 is 10.6 Å². The third kappa shape index (κ3) is 3.55. The molecule has 4 nitrogen and oxygen atoms in total. The Kier molecular flexibility index (Phi) is 4.56. The number of carbonyl (C=O) groups is 1. The van der Waals surface area contributed by atoms with E-state index < -0.39 is 6.10 Å². The van der Waals surface area contributed by atoms with Crippen molar-refractivity contribution in [1.82, 2.24) is 10.6 Å². The van der Waals surface area contributed by atoms with Crippen LogP contribution in [0.25, 0.3) is 0 Å². The van der Waals surface area contributed by atoms with E-state index in [1.807, 2.05) is 24.3 Å². The molecule has 19 heavy (non-hydrogen) atoms. The highest BCUT2D eigenvalue weighted by Crippen LogP contribution is 2.31. The van der Waals surface area contributed by atoms with Crippen molar-refractivity contribution >= 4 is 5.91 Å². The van der Waals surface area contributed by atoms with Gasteiger partial charge in [-0.15, -0.1) is 0 Å². The van der Waals surface area contributed by atoms with Crippen molar-refractivity contribution in [2.24, 2.45) is 0 Å². The first kappa shape index (κ1) is 14.0. The number of benzene rings is 1. The lowest BCUT2D eigenvalue weighted by molar-refractivity contribution is -0.122. The number of hydrogen-bond acceptors (Lipinski definition) is 3. The van der Waals surface area contributed by atoms with Crippen LogP contribution in [0.3, 0.4) is 0 Å². The van der Waals surface area contributed by atoms with Crippen LogP contribution in [0.4, 0.5) is 0 Å². The first-order valence-corrected chi connectivity index (χ1v) is 6.86. The molecule has 0 fully saturated rings. The summed E-state index contributed by atoms with van der Waals surface area (Å²) in [5.74, 6) is -0.0195. The fourth-order valence-electron chi connectivity index (χ4n) is 2.47. The lowest BCUT2D eigenvalue weighted by Crippen LogP contribution is -2.36. The van der Waals surface area contributed by atoms with Gasteiger partial charge in [0.15, 0.2) is 0 Å². The molecule has 0 aliphatic heterocycles. The summed E-state index contributed by atoms with van der Waals surface area (Å²) in [5, 5.41) is 16.2. The summed E-state index contributed by atoms with van der Waals surface area (Å²) in [4.78, 5) is 11.9. The van der Waals surface area contributed by atoms with Gasteiger partial charge in [0.2, 0.25) is 5.91 Å². The fourth-order valence-corrected chi connectivity index (χ4v) is 2.47. The fraction of sp³-hybridized carbons (Fsp3) is 0.533. The van der Waals surface area contributed by atoms with E-state index in [0.29, 0.717) is 25.4 Å². The Labute approximate surface area is 114 Å². The molecule has 104 valence electrons. The minimum Gasteiger partial charge on any atom is -0.390 e. The van der Waals surface area contributed by atoms with Crippen molar-refractivity contribution in [2.45, 2.75) is 44.9 Å². The first-order valence-electron chi connectivity index (χ1n) is 6.86. The molecule has 0 saturated carbocycles. The molecular formula is C15H22N2O2. The van der Waals surface area contributed by atoms with Crippen molar-refractivity contribution in [3.8, 4) is 0 Å². The summed E-state index contributed by atoms with van der Waals surface area (Å²) < 4.78 is 0. The highest BCUT2D eigenvalue weighted by atomic mass is 16.3. The van der Waals surface area contributed by atoms with Gasteiger partial charge in [0.05, 0.1) is 12.1 Å². The van der Waals surface area contributed by atoms with Gasteiger partial charge in [-0.25, -0.2) is 0 Å². The van der Waals surface area contributed by atoms with Crippen molar-refractivity contribution in [2.75, 3.05) is 6.54 Å². The van der Waals surface area contributed by atoms with Gasteiger partial charge in [-0.1, -0.05) is 38.1 Å². The molecule has 0 heterocycles. The van der Waals surface area contributed by atoms with Crippen molar-refractivity contribution in [1.29, 1.82) is 0 Å². The average molecular weight is 262 g/mol. The number of carbonyl (C=O) groups excluding carboxylic acids is 1. The maximum absolute atomic E-state index is 11.9. The number of hydrogen-bond donors (Lipinski definition) is 3. The Morgan fingerprint density at radius 2 is 2.16 bits per heavy atom. The van der Waals surface area contributed by atoms with Crippen LogP contribution in [0.1, 0.15) is 37.4 Å². The molecule has 1 aromatic rings. The molecule has 2 atom stereocenters. The Hall–Kier alpha value is -1.39. The number of nitrogens with one attached hydrogen (secondary N) is 2. The zero-order valence-corrected chi connectivity index (χ0v) is 11.5. The molecule has 0 spiro atoms. The molecule has 0 aromatic heterocycles. The monoisotopic (exact) mass is 262 g/mol. The molecule has 4 heteroatoms. The van der Waals surface area contributed by atoms with Gasteiger partial charge in [-0.3, -0.25) is 4.79 Å². The van der Waals surface area contributed by atoms with Crippen LogP contribution in [0.2, 0.25) is 0 Å². The Morgan fingerprint density at radius 1 is 1.42 bits per heavy atom. The highest BCUT2D eigenvalue weighted by Gasteiger charge is 2.31. The topological polar surface area (TPSA) is 61.4 Å². The largest absolute Gasteiger partial charge is 0.390 e. The van der Waals surface area contributed by atoms with Gasteiger partial charge in [-0.2, -0.15) is 0 Å². The van der Waals surface area contributed by atoms with Crippen LogP contribution in [0.5, 0.6) is 0 Å². The zero-order chi connectivity index (χ0) is 13.8. The average Bonchev–Trinajstić information content (AvgIpc) is 2.66. The maximum Gasteiger partial charge on any atom is 0.221 e. The smallest absolute Gasteiger partial charge is 0.221 e. The lowest BCUT2D eigenvalue weighted by atomic mass is 10.1. The van der Waals surface area contributed by atoms with E-state index >= 15 is 0 Å². The maximum atomic E-state index is 11.9. The van der Waals surface area contributed by atoms with Crippen LogP contribution in [-0.4, -0.2) is 29.7 Å². The van der Waals surface area contributed by atoms with E-state index in [4.69, 9.17) is 0 Å². The third-order valence-electron chi connectivity index (χ3n) is 3.43. The van der Waals surface area contributed by atoms with E-state index in [9.17, 15) is 9.90 Å². The van der Waals surface area contributed by atoms with Crippen LogP contribution >= 0.6 is 0 Å². The molecule has 0 bridgehead atoms. The van der Waals surface area contributed by atoms with E-state index in [1.165, 1.54) is 0 Å². The summed E-state index contributed by atoms with van der Waals surface area (Å²) in [6.07, 6.45) is 0.536. The number of rotatable bonds is 5. The molecule has 2 rings (SSSR count). The molecule has 0 saturated heterocycles. The van der Waals surface area contributed by atoms with Gasteiger partial charge in [-0.05, 0) is 11.1 Å². The Bertz CT molecular complexity index is 446. The molecule has 1 aliphatic rings. The second kappa shape index (κ2) is 6.17. The standard InChI is InChI=1S/C15H22N2O2/c1-10(2)16-8-7-14(19)17-15-12-6-4-3-5-11(12)9-13(15)18/h3-6,10,13,15-16,18H,7-9H2,1-2H3,(H,17,19)/t13-,15+/m1/s1. The molecule has 0 unspecified atom stereocenters. The summed E-state index contributed by atoms with van der Waals surface area (Å²) in [5.41, 5.74) is 2.17. The predicted molar refractivity (Wildman–Crippen MR) is 74.8 cm³/mol. The molecule has 0 radical (unpaired) electrons. The molecule has 1 amide bonds. The minimum atomic E-state index is -0.514. The minimum absolute atomic E-state index is 0.0195. The molecule has 1 aliphatic carbocycles. The number of fused-ring (bicyclic) bond motifs is 1. The number of amides is 1. The van der Waals surface area contributed by atoms with Gasteiger partial charge >= 0.3 is 0 Å². The second-order valence-corrected chi connectivity index (χ2v) is 5.37.